The number of carbonyl (C=O) groups excluding carboxylic acids is 1. The number of nitrogens with zero attached hydrogens (tertiary/aromatic N) is 3. The Morgan fingerprint density at radius 3 is 2.41 bits per heavy atom. The number of rotatable bonds is 10. The summed E-state index contributed by atoms with van der Waals surface area (Å²) in [6, 6.07) is 22.9. The first-order chi connectivity index (χ1) is 16.7. The summed E-state index contributed by atoms with van der Waals surface area (Å²) in [6.07, 6.45) is 3.27. The highest BCUT2D eigenvalue weighted by molar-refractivity contribution is 5.76. The van der Waals surface area contributed by atoms with E-state index in [1.165, 1.54) is 0 Å². The van der Waals surface area contributed by atoms with E-state index in [1.807, 2.05) is 72.8 Å². The molecule has 0 atom stereocenters. The van der Waals surface area contributed by atoms with E-state index in [2.05, 4.69) is 17.2 Å². The third-order valence-electron chi connectivity index (χ3n) is 5.42. The van der Waals surface area contributed by atoms with Gasteiger partial charge in [0.15, 0.2) is 0 Å². The van der Waals surface area contributed by atoms with Crippen molar-refractivity contribution in [2.75, 3.05) is 7.11 Å². The SMILES string of the molecule is CCc1nn(-c2ccc(OC)cc2)c(Oc2ccccc2)c1CCC(=O)NCc1ccccn1. The van der Waals surface area contributed by atoms with Crippen LogP contribution in [0.3, 0.4) is 0 Å². The van der Waals surface area contributed by atoms with E-state index >= 15 is 0 Å². The second kappa shape index (κ2) is 11.1. The lowest BCUT2D eigenvalue weighted by Crippen LogP contribution is -2.23. The zero-order valence-corrected chi connectivity index (χ0v) is 19.4. The van der Waals surface area contributed by atoms with E-state index in [0.717, 1.165) is 34.8 Å². The van der Waals surface area contributed by atoms with Gasteiger partial charge in [-0.15, -0.1) is 0 Å². The summed E-state index contributed by atoms with van der Waals surface area (Å²) in [6.45, 7) is 2.45. The number of nitrogens with one attached hydrogen (secondary N) is 1. The molecule has 2 aromatic carbocycles. The first-order valence-electron chi connectivity index (χ1n) is 11.3. The van der Waals surface area contributed by atoms with Gasteiger partial charge in [0.1, 0.15) is 11.5 Å². The number of para-hydroxylation sites is 1. The molecule has 1 N–H and O–H groups in total. The monoisotopic (exact) mass is 456 g/mol. The fourth-order valence-corrected chi connectivity index (χ4v) is 3.64. The third-order valence-corrected chi connectivity index (χ3v) is 5.42. The highest BCUT2D eigenvalue weighted by atomic mass is 16.5. The molecule has 0 unspecified atom stereocenters. The quantitative estimate of drug-likeness (QED) is 0.368. The zero-order chi connectivity index (χ0) is 23.8. The Bertz CT molecular complexity index is 1210. The smallest absolute Gasteiger partial charge is 0.226 e. The third kappa shape index (κ3) is 5.61. The molecular formula is C27H28N4O3. The fraction of sp³-hybridized carbons (Fsp3) is 0.222. The average Bonchev–Trinajstić information content (AvgIpc) is 3.24. The number of hydrogen-bond acceptors (Lipinski definition) is 5. The fourth-order valence-electron chi connectivity index (χ4n) is 3.64. The van der Waals surface area contributed by atoms with Crippen LogP contribution in [0.25, 0.3) is 5.69 Å². The number of methoxy groups -OCH3 is 1. The Morgan fingerprint density at radius 2 is 1.74 bits per heavy atom. The van der Waals surface area contributed by atoms with Gasteiger partial charge in [0.2, 0.25) is 11.8 Å². The van der Waals surface area contributed by atoms with Crippen molar-refractivity contribution in [3.8, 4) is 23.1 Å². The van der Waals surface area contributed by atoms with Gasteiger partial charge in [-0.3, -0.25) is 9.78 Å². The van der Waals surface area contributed by atoms with Crippen LogP contribution >= 0.6 is 0 Å². The molecule has 0 saturated heterocycles. The summed E-state index contributed by atoms with van der Waals surface area (Å²) in [4.78, 5) is 16.8. The number of aryl methyl sites for hydroxylation is 1. The molecule has 1 amide bonds. The lowest BCUT2D eigenvalue weighted by atomic mass is 10.1. The number of benzene rings is 2. The summed E-state index contributed by atoms with van der Waals surface area (Å²) >= 11 is 0. The minimum Gasteiger partial charge on any atom is -0.497 e. The van der Waals surface area contributed by atoms with Gasteiger partial charge in [0.25, 0.3) is 0 Å². The molecule has 2 aromatic heterocycles. The van der Waals surface area contributed by atoms with Crippen molar-refractivity contribution in [1.82, 2.24) is 20.1 Å². The van der Waals surface area contributed by atoms with Gasteiger partial charge in [-0.1, -0.05) is 31.2 Å². The first-order valence-corrected chi connectivity index (χ1v) is 11.3. The number of amides is 1. The van der Waals surface area contributed by atoms with Crippen molar-refractivity contribution < 1.29 is 14.3 Å². The van der Waals surface area contributed by atoms with Gasteiger partial charge in [-0.2, -0.15) is 5.10 Å². The van der Waals surface area contributed by atoms with Gasteiger partial charge in [-0.25, -0.2) is 4.68 Å². The van der Waals surface area contributed by atoms with E-state index in [1.54, 1.807) is 18.0 Å². The Kier molecular flexibility index (Phi) is 7.55. The Labute approximate surface area is 199 Å². The summed E-state index contributed by atoms with van der Waals surface area (Å²) in [5.41, 5.74) is 3.51. The van der Waals surface area contributed by atoms with Gasteiger partial charge in [0, 0.05) is 18.2 Å². The maximum absolute atomic E-state index is 12.6. The second-order valence-electron chi connectivity index (χ2n) is 7.71. The zero-order valence-electron chi connectivity index (χ0n) is 19.4. The lowest BCUT2D eigenvalue weighted by Gasteiger charge is -2.12. The van der Waals surface area contributed by atoms with Crippen LogP contribution in [0.1, 0.15) is 30.3 Å². The molecule has 0 fully saturated rings. The molecule has 0 aliphatic heterocycles. The molecule has 7 nitrogen and oxygen atoms in total. The number of ether oxygens (including phenoxy) is 2. The number of aromatic nitrogens is 3. The largest absolute Gasteiger partial charge is 0.497 e. The topological polar surface area (TPSA) is 78.3 Å². The van der Waals surface area contributed by atoms with Crippen LogP contribution in [0.5, 0.6) is 17.4 Å². The van der Waals surface area contributed by atoms with Crippen LogP contribution in [0.15, 0.2) is 79.0 Å². The molecule has 2 heterocycles. The highest BCUT2D eigenvalue weighted by Gasteiger charge is 2.21. The van der Waals surface area contributed by atoms with E-state index in [4.69, 9.17) is 14.6 Å². The lowest BCUT2D eigenvalue weighted by molar-refractivity contribution is -0.121. The molecule has 34 heavy (non-hydrogen) atoms. The van der Waals surface area contributed by atoms with Crippen molar-refractivity contribution in [1.29, 1.82) is 0 Å². The van der Waals surface area contributed by atoms with Crippen LogP contribution in [-0.2, 0) is 24.2 Å². The average molecular weight is 457 g/mol. The minimum absolute atomic E-state index is 0.0458. The van der Waals surface area contributed by atoms with Gasteiger partial charge >= 0.3 is 0 Å². The summed E-state index contributed by atoms with van der Waals surface area (Å²) in [7, 11) is 1.64. The minimum atomic E-state index is -0.0458. The number of pyridine rings is 1. The van der Waals surface area contributed by atoms with E-state index < -0.39 is 0 Å². The van der Waals surface area contributed by atoms with Gasteiger partial charge in [-0.05, 0) is 61.4 Å². The van der Waals surface area contributed by atoms with Crippen molar-refractivity contribution in [3.63, 3.8) is 0 Å². The maximum atomic E-state index is 12.6. The van der Waals surface area contributed by atoms with Crippen LogP contribution in [0.4, 0.5) is 0 Å². The predicted octanol–water partition coefficient (Wildman–Crippen LogP) is 4.88. The van der Waals surface area contributed by atoms with E-state index in [9.17, 15) is 4.79 Å². The molecular weight excluding hydrogens is 428 g/mol. The molecule has 0 aliphatic rings. The Morgan fingerprint density at radius 1 is 0.971 bits per heavy atom. The van der Waals surface area contributed by atoms with Crippen LogP contribution in [0.2, 0.25) is 0 Å². The van der Waals surface area contributed by atoms with E-state index in [-0.39, 0.29) is 5.91 Å². The van der Waals surface area contributed by atoms with Crippen LogP contribution in [0, 0.1) is 0 Å². The summed E-state index contributed by atoms with van der Waals surface area (Å²) < 4.78 is 13.4. The van der Waals surface area contributed by atoms with E-state index in [0.29, 0.717) is 31.0 Å². The molecule has 0 bridgehead atoms. The standard InChI is InChI=1S/C27H28N4O3/c1-3-25-24(16-17-26(32)29-19-20-9-7-8-18-28-20)27(34-23-10-5-4-6-11-23)31(30-25)21-12-14-22(33-2)15-13-21/h4-15,18H,3,16-17,19H2,1-2H3,(H,29,32). The molecule has 0 radical (unpaired) electrons. The first kappa shape index (κ1) is 23.0. The Balaban J connectivity index is 1.59. The number of carbonyl (C=O) groups is 1. The second-order valence-corrected chi connectivity index (χ2v) is 7.71. The maximum Gasteiger partial charge on any atom is 0.226 e. The number of hydrogen-bond donors (Lipinski definition) is 1. The molecule has 4 rings (SSSR count). The van der Waals surface area contributed by atoms with Crippen LogP contribution in [-0.4, -0.2) is 27.8 Å². The van der Waals surface area contributed by atoms with Gasteiger partial charge in [0.05, 0.1) is 30.7 Å². The predicted molar refractivity (Wildman–Crippen MR) is 130 cm³/mol. The summed E-state index contributed by atoms with van der Waals surface area (Å²) in [5, 5.41) is 7.77. The van der Waals surface area contributed by atoms with Crippen molar-refractivity contribution in [3.05, 3.63) is 95.9 Å². The summed E-state index contributed by atoms with van der Waals surface area (Å²) in [5.74, 6) is 2.05. The molecule has 4 aromatic rings. The molecule has 0 saturated carbocycles. The van der Waals surface area contributed by atoms with Crippen molar-refractivity contribution in [2.45, 2.75) is 32.7 Å². The van der Waals surface area contributed by atoms with Crippen LogP contribution < -0.4 is 14.8 Å². The van der Waals surface area contributed by atoms with Crippen molar-refractivity contribution in [2.24, 2.45) is 0 Å². The van der Waals surface area contributed by atoms with Gasteiger partial charge < -0.3 is 14.8 Å². The normalized spacial score (nSPS) is 10.6. The van der Waals surface area contributed by atoms with Crippen molar-refractivity contribution >= 4 is 5.91 Å². The molecule has 0 spiro atoms. The molecule has 0 aliphatic carbocycles. The highest BCUT2D eigenvalue weighted by Crippen LogP contribution is 2.32. The molecule has 174 valence electrons. The molecule has 7 heteroatoms. The Hall–Kier alpha value is -4.13.